The van der Waals surface area contributed by atoms with Crippen LogP contribution in [0.1, 0.15) is 40.0 Å². The van der Waals surface area contributed by atoms with Gasteiger partial charge in [-0.2, -0.15) is 0 Å². The predicted octanol–water partition coefficient (Wildman–Crippen LogP) is 2.29. The zero-order chi connectivity index (χ0) is 17.6. The normalized spacial score (nSPS) is 17.2. The molecular formula is C19H22N4O2. The Hall–Kier alpha value is -2.73. The van der Waals surface area contributed by atoms with Crippen molar-refractivity contribution in [3.05, 3.63) is 59.9 Å². The predicted molar refractivity (Wildman–Crippen MR) is 96.4 cm³/mol. The molecule has 0 aliphatic carbocycles. The third-order valence-corrected chi connectivity index (χ3v) is 4.45. The number of piperidine rings is 1. The second-order valence-electron chi connectivity index (χ2n) is 6.16. The second-order valence-corrected chi connectivity index (χ2v) is 6.16. The third-order valence-electron chi connectivity index (χ3n) is 4.45. The molecule has 1 aromatic carbocycles. The number of nitrogens with two attached hydrogens (primary N) is 1. The number of hydrogen-bond acceptors (Lipinski definition) is 4. The first-order valence-corrected chi connectivity index (χ1v) is 8.51. The van der Waals surface area contributed by atoms with Crippen LogP contribution in [0.2, 0.25) is 0 Å². The van der Waals surface area contributed by atoms with Crippen molar-refractivity contribution in [2.75, 3.05) is 18.4 Å². The van der Waals surface area contributed by atoms with Gasteiger partial charge < -0.3 is 16.0 Å². The van der Waals surface area contributed by atoms with Gasteiger partial charge in [0.1, 0.15) is 0 Å². The van der Waals surface area contributed by atoms with E-state index in [-0.39, 0.29) is 17.9 Å². The average Bonchev–Trinajstić information content (AvgIpc) is 2.68. The number of likely N-dealkylation sites (tertiary alicyclic amines) is 1. The Kier molecular flexibility index (Phi) is 5.40. The summed E-state index contributed by atoms with van der Waals surface area (Å²) in [7, 11) is 0. The van der Waals surface area contributed by atoms with Gasteiger partial charge in [0.2, 0.25) is 0 Å². The number of nitrogens with one attached hydrogen (secondary N) is 1. The monoisotopic (exact) mass is 338 g/mol. The Balaban J connectivity index is 1.75. The maximum absolute atomic E-state index is 12.8. The van der Waals surface area contributed by atoms with E-state index in [2.05, 4.69) is 10.3 Å². The zero-order valence-corrected chi connectivity index (χ0v) is 14.0. The van der Waals surface area contributed by atoms with Gasteiger partial charge in [-0.15, -0.1) is 0 Å². The molecule has 0 bridgehead atoms. The molecule has 1 fully saturated rings. The lowest BCUT2D eigenvalue weighted by Gasteiger charge is -2.35. The molecule has 0 radical (unpaired) electrons. The van der Waals surface area contributed by atoms with E-state index in [1.165, 1.54) is 6.20 Å². The van der Waals surface area contributed by atoms with Crippen molar-refractivity contribution in [2.24, 2.45) is 5.73 Å². The van der Waals surface area contributed by atoms with Gasteiger partial charge in [0, 0.05) is 42.8 Å². The van der Waals surface area contributed by atoms with Crippen LogP contribution >= 0.6 is 0 Å². The SMILES string of the molecule is NCC1CCCCN1C(=O)c1cccc(NC(=O)c2cccnc2)c1. The molecule has 1 aromatic heterocycles. The molecule has 1 aliphatic heterocycles. The van der Waals surface area contributed by atoms with E-state index in [0.29, 0.717) is 23.4 Å². The van der Waals surface area contributed by atoms with E-state index in [9.17, 15) is 9.59 Å². The van der Waals surface area contributed by atoms with E-state index in [1.54, 1.807) is 42.6 Å². The van der Waals surface area contributed by atoms with Crippen LogP contribution in [-0.2, 0) is 0 Å². The van der Waals surface area contributed by atoms with Crippen molar-refractivity contribution >= 4 is 17.5 Å². The van der Waals surface area contributed by atoms with Crippen LogP contribution in [0, 0.1) is 0 Å². The van der Waals surface area contributed by atoms with Crippen LogP contribution < -0.4 is 11.1 Å². The van der Waals surface area contributed by atoms with Crippen LogP contribution in [0.15, 0.2) is 48.8 Å². The highest BCUT2D eigenvalue weighted by Crippen LogP contribution is 2.20. The van der Waals surface area contributed by atoms with E-state index >= 15 is 0 Å². The molecule has 2 heterocycles. The molecular weight excluding hydrogens is 316 g/mol. The summed E-state index contributed by atoms with van der Waals surface area (Å²) >= 11 is 0. The summed E-state index contributed by atoms with van der Waals surface area (Å²) in [5.74, 6) is -0.289. The number of benzene rings is 1. The first-order valence-electron chi connectivity index (χ1n) is 8.51. The van der Waals surface area contributed by atoms with Gasteiger partial charge in [0.05, 0.1) is 5.56 Å². The number of anilines is 1. The number of nitrogens with zero attached hydrogens (tertiary/aromatic N) is 2. The highest BCUT2D eigenvalue weighted by molar-refractivity contribution is 6.05. The molecule has 1 unspecified atom stereocenters. The number of aromatic nitrogens is 1. The molecule has 0 spiro atoms. The fraction of sp³-hybridized carbons (Fsp3) is 0.316. The van der Waals surface area contributed by atoms with Crippen molar-refractivity contribution in [3.63, 3.8) is 0 Å². The smallest absolute Gasteiger partial charge is 0.257 e. The molecule has 3 N–H and O–H groups in total. The van der Waals surface area contributed by atoms with Crippen molar-refractivity contribution in [1.82, 2.24) is 9.88 Å². The molecule has 2 aromatic rings. The summed E-state index contributed by atoms with van der Waals surface area (Å²) in [4.78, 5) is 30.8. The molecule has 1 aliphatic rings. The molecule has 130 valence electrons. The van der Waals surface area contributed by atoms with Gasteiger partial charge in [-0.3, -0.25) is 14.6 Å². The molecule has 3 rings (SSSR count). The lowest BCUT2D eigenvalue weighted by molar-refractivity contribution is 0.0623. The number of carbonyl (C=O) groups is 2. The molecule has 6 nitrogen and oxygen atoms in total. The molecule has 0 saturated carbocycles. The minimum atomic E-state index is -0.254. The van der Waals surface area contributed by atoms with E-state index < -0.39 is 0 Å². The van der Waals surface area contributed by atoms with E-state index in [0.717, 1.165) is 25.8 Å². The zero-order valence-electron chi connectivity index (χ0n) is 14.0. The molecule has 6 heteroatoms. The second kappa shape index (κ2) is 7.90. The fourth-order valence-electron chi connectivity index (χ4n) is 3.11. The largest absolute Gasteiger partial charge is 0.334 e. The first kappa shape index (κ1) is 17.1. The van der Waals surface area contributed by atoms with Crippen molar-refractivity contribution in [1.29, 1.82) is 0 Å². The van der Waals surface area contributed by atoms with Crippen LogP contribution in [0.4, 0.5) is 5.69 Å². The fourth-order valence-corrected chi connectivity index (χ4v) is 3.11. The summed E-state index contributed by atoms with van der Waals surface area (Å²) in [6.07, 6.45) is 6.17. The van der Waals surface area contributed by atoms with Crippen molar-refractivity contribution in [3.8, 4) is 0 Å². The minimum Gasteiger partial charge on any atom is -0.334 e. The third kappa shape index (κ3) is 4.03. The van der Waals surface area contributed by atoms with Gasteiger partial charge >= 0.3 is 0 Å². The lowest BCUT2D eigenvalue weighted by Crippen LogP contribution is -2.47. The first-order chi connectivity index (χ1) is 12.2. The number of pyridine rings is 1. The van der Waals surface area contributed by atoms with Gasteiger partial charge in [0.15, 0.2) is 0 Å². The van der Waals surface area contributed by atoms with E-state index in [1.807, 2.05) is 4.90 Å². The lowest BCUT2D eigenvalue weighted by atomic mass is 10.0. The molecule has 25 heavy (non-hydrogen) atoms. The Morgan fingerprint density at radius 1 is 1.20 bits per heavy atom. The van der Waals surface area contributed by atoms with Crippen LogP contribution in [0.5, 0.6) is 0 Å². The average molecular weight is 338 g/mol. The van der Waals surface area contributed by atoms with Crippen LogP contribution in [0.3, 0.4) is 0 Å². The standard InChI is InChI=1S/C19H22N4O2/c20-12-17-8-1-2-10-23(17)19(25)14-5-3-7-16(11-14)22-18(24)15-6-4-9-21-13-15/h3-7,9,11,13,17H,1-2,8,10,12,20H2,(H,22,24). The molecule has 1 saturated heterocycles. The number of rotatable bonds is 4. The Morgan fingerprint density at radius 2 is 2.04 bits per heavy atom. The molecule has 1 atom stereocenters. The van der Waals surface area contributed by atoms with Gasteiger partial charge in [0.25, 0.3) is 11.8 Å². The maximum Gasteiger partial charge on any atom is 0.257 e. The van der Waals surface area contributed by atoms with Crippen molar-refractivity contribution in [2.45, 2.75) is 25.3 Å². The Bertz CT molecular complexity index is 748. The maximum atomic E-state index is 12.8. The quantitative estimate of drug-likeness (QED) is 0.895. The van der Waals surface area contributed by atoms with E-state index in [4.69, 9.17) is 5.73 Å². The van der Waals surface area contributed by atoms with Crippen molar-refractivity contribution < 1.29 is 9.59 Å². The summed E-state index contributed by atoms with van der Waals surface area (Å²) in [6.45, 7) is 1.20. The van der Waals surface area contributed by atoms with Crippen LogP contribution in [-0.4, -0.2) is 40.8 Å². The highest BCUT2D eigenvalue weighted by Gasteiger charge is 2.26. The minimum absolute atomic E-state index is 0.0346. The Morgan fingerprint density at radius 3 is 2.80 bits per heavy atom. The molecule has 2 amide bonds. The number of hydrogen-bond donors (Lipinski definition) is 2. The van der Waals surface area contributed by atoms with Crippen LogP contribution in [0.25, 0.3) is 0 Å². The topological polar surface area (TPSA) is 88.3 Å². The van der Waals surface area contributed by atoms with Gasteiger partial charge in [-0.1, -0.05) is 6.07 Å². The summed E-state index contributed by atoms with van der Waals surface area (Å²) < 4.78 is 0. The van der Waals surface area contributed by atoms with Gasteiger partial charge in [-0.25, -0.2) is 0 Å². The summed E-state index contributed by atoms with van der Waals surface area (Å²) in [6, 6.07) is 10.5. The number of amides is 2. The Labute approximate surface area is 147 Å². The highest BCUT2D eigenvalue weighted by atomic mass is 16.2. The summed E-state index contributed by atoms with van der Waals surface area (Å²) in [5.41, 5.74) is 7.43. The summed E-state index contributed by atoms with van der Waals surface area (Å²) in [5, 5.41) is 2.81. The number of carbonyl (C=O) groups excluding carboxylic acids is 2. The van der Waals surface area contributed by atoms with Gasteiger partial charge in [-0.05, 0) is 49.6 Å².